The molecule has 10 nitrogen and oxygen atoms in total. The van der Waals surface area contributed by atoms with Crippen LogP contribution in [0.1, 0.15) is 37.8 Å². The Morgan fingerprint density at radius 2 is 2.12 bits per heavy atom. The van der Waals surface area contributed by atoms with Gasteiger partial charge in [-0.25, -0.2) is 4.98 Å². The number of thiophene rings is 1. The van der Waals surface area contributed by atoms with Crippen LogP contribution < -0.4 is 16.0 Å². The van der Waals surface area contributed by atoms with E-state index in [1.165, 1.54) is 6.42 Å². The number of anilines is 3. The predicted octanol–water partition coefficient (Wildman–Crippen LogP) is 2.78. The van der Waals surface area contributed by atoms with Gasteiger partial charge in [-0.05, 0) is 50.5 Å². The van der Waals surface area contributed by atoms with Crippen molar-refractivity contribution in [1.29, 1.82) is 0 Å². The maximum Gasteiger partial charge on any atom is 0.242 e. The third kappa shape index (κ3) is 4.23. The molecule has 0 aliphatic carbocycles. The Kier molecular flexibility index (Phi) is 5.84. The molecular weight excluding hydrogens is 452 g/mol. The number of piperidine rings is 2. The number of hydrogen-bond donors (Lipinski definition) is 4. The Balaban J connectivity index is 1.19. The fourth-order valence-corrected chi connectivity index (χ4v) is 6.33. The molecule has 6 heterocycles. The number of aryl methyl sites for hydroxylation is 1. The number of amides is 1. The Labute approximate surface area is 201 Å². The monoisotopic (exact) mass is 482 g/mol. The number of morpholine rings is 1. The summed E-state index contributed by atoms with van der Waals surface area (Å²) >= 11 is 1.60. The van der Waals surface area contributed by atoms with Gasteiger partial charge in [-0.1, -0.05) is 0 Å². The minimum atomic E-state index is -0.217. The number of ether oxygens (including phenoxy) is 1. The van der Waals surface area contributed by atoms with E-state index in [4.69, 9.17) is 14.7 Å². The Morgan fingerprint density at radius 3 is 2.85 bits per heavy atom. The summed E-state index contributed by atoms with van der Waals surface area (Å²) in [7, 11) is 0. The molecule has 3 saturated heterocycles. The van der Waals surface area contributed by atoms with E-state index in [2.05, 4.69) is 31.0 Å². The van der Waals surface area contributed by atoms with Crippen LogP contribution in [-0.2, 0) is 9.53 Å². The highest BCUT2D eigenvalue weighted by molar-refractivity contribution is 7.16. The van der Waals surface area contributed by atoms with Crippen molar-refractivity contribution in [3.8, 4) is 0 Å². The van der Waals surface area contributed by atoms with Gasteiger partial charge in [0.05, 0.1) is 18.6 Å². The first-order chi connectivity index (χ1) is 16.6. The van der Waals surface area contributed by atoms with Crippen molar-refractivity contribution < 1.29 is 9.53 Å². The van der Waals surface area contributed by atoms with Gasteiger partial charge in [0.2, 0.25) is 11.9 Å². The van der Waals surface area contributed by atoms with Crippen molar-refractivity contribution in [2.75, 3.05) is 30.4 Å². The zero-order valence-corrected chi connectivity index (χ0v) is 20.0. The van der Waals surface area contributed by atoms with Crippen molar-refractivity contribution >= 4 is 45.0 Å². The van der Waals surface area contributed by atoms with Gasteiger partial charge in [0.25, 0.3) is 0 Å². The molecule has 3 fully saturated rings. The molecule has 1 amide bonds. The highest BCUT2D eigenvalue weighted by atomic mass is 32.1. The summed E-state index contributed by atoms with van der Waals surface area (Å²) < 4.78 is 5.55. The molecule has 3 aliphatic rings. The lowest BCUT2D eigenvalue weighted by Crippen LogP contribution is -2.62. The fourth-order valence-electron chi connectivity index (χ4n) is 5.56. The summed E-state index contributed by atoms with van der Waals surface area (Å²) in [5.41, 5.74) is 0.985. The number of fused-ring (bicyclic) bond motifs is 3. The van der Waals surface area contributed by atoms with E-state index in [1.54, 1.807) is 11.3 Å². The maximum atomic E-state index is 13.3. The van der Waals surface area contributed by atoms with Crippen molar-refractivity contribution in [2.24, 2.45) is 0 Å². The summed E-state index contributed by atoms with van der Waals surface area (Å²) in [6.07, 6.45) is 5.08. The molecule has 0 spiro atoms. The Morgan fingerprint density at radius 1 is 1.26 bits per heavy atom. The largest absolute Gasteiger partial charge is 0.378 e. The van der Waals surface area contributed by atoms with Gasteiger partial charge in [-0.15, -0.1) is 11.3 Å². The summed E-state index contributed by atoms with van der Waals surface area (Å²) in [6, 6.07) is 4.49. The van der Waals surface area contributed by atoms with Gasteiger partial charge < -0.3 is 25.6 Å². The SMILES string of the molecule is Cc1cc(Nc2nc(NC3CC4CCCC(C3)N4C(=O)C3COCCN3)nc3sccc23)n[nH]1. The second kappa shape index (κ2) is 9.12. The van der Waals surface area contributed by atoms with Crippen LogP contribution in [0, 0.1) is 6.92 Å². The highest BCUT2D eigenvalue weighted by Gasteiger charge is 2.43. The minimum absolute atomic E-state index is 0.199. The molecule has 6 rings (SSSR count). The molecule has 11 heteroatoms. The molecule has 180 valence electrons. The minimum Gasteiger partial charge on any atom is -0.378 e. The molecule has 3 aliphatic heterocycles. The third-order valence-corrected chi connectivity index (χ3v) is 7.87. The lowest BCUT2D eigenvalue weighted by atomic mass is 9.81. The number of aromatic nitrogens is 4. The summed E-state index contributed by atoms with van der Waals surface area (Å²) in [5, 5.41) is 20.5. The van der Waals surface area contributed by atoms with Crippen molar-refractivity contribution in [1.82, 2.24) is 30.4 Å². The van der Waals surface area contributed by atoms with E-state index in [0.29, 0.717) is 19.2 Å². The smallest absolute Gasteiger partial charge is 0.242 e. The number of carbonyl (C=O) groups is 1. The van der Waals surface area contributed by atoms with Crippen LogP contribution >= 0.6 is 11.3 Å². The van der Waals surface area contributed by atoms with Gasteiger partial charge in [0.1, 0.15) is 16.7 Å². The molecule has 3 aromatic heterocycles. The molecule has 0 saturated carbocycles. The van der Waals surface area contributed by atoms with E-state index >= 15 is 0 Å². The van der Waals surface area contributed by atoms with E-state index in [0.717, 1.165) is 59.8 Å². The van der Waals surface area contributed by atoms with Gasteiger partial charge in [0.15, 0.2) is 5.82 Å². The normalized spacial score (nSPS) is 27.0. The number of aromatic amines is 1. The number of H-pyrrole nitrogens is 1. The Hall–Kier alpha value is -2.76. The van der Waals surface area contributed by atoms with Crippen molar-refractivity contribution in [3.05, 3.63) is 23.2 Å². The molecule has 0 aromatic carbocycles. The summed E-state index contributed by atoms with van der Waals surface area (Å²) in [4.78, 5) is 26.0. The lowest BCUT2D eigenvalue weighted by molar-refractivity contribution is -0.146. The van der Waals surface area contributed by atoms with Crippen molar-refractivity contribution in [3.63, 3.8) is 0 Å². The molecular formula is C23H30N8O2S. The number of nitrogens with one attached hydrogen (secondary N) is 4. The van der Waals surface area contributed by atoms with Crippen LogP contribution in [0.15, 0.2) is 17.5 Å². The number of nitrogens with zero attached hydrogens (tertiary/aromatic N) is 4. The zero-order valence-electron chi connectivity index (χ0n) is 19.2. The standard InChI is InChI=1S/C23H30N8O2S/c1-13-9-19(30-29-13)26-20-17-5-8-34-21(17)28-23(27-20)25-14-10-15-3-2-4-16(11-14)31(15)22(32)18-12-33-7-6-24-18/h5,8-9,14-16,18,24H,2-4,6-7,10-12H2,1H3,(H3,25,26,27,28,29,30). The van der Waals surface area contributed by atoms with Gasteiger partial charge in [-0.3, -0.25) is 9.89 Å². The molecule has 34 heavy (non-hydrogen) atoms. The number of carbonyl (C=O) groups excluding carboxylic acids is 1. The average molecular weight is 483 g/mol. The van der Waals surface area contributed by atoms with Crippen molar-refractivity contribution in [2.45, 2.75) is 63.2 Å². The number of rotatable bonds is 5. The van der Waals surface area contributed by atoms with E-state index in [-0.39, 0.29) is 30.1 Å². The van der Waals surface area contributed by atoms with Gasteiger partial charge in [0, 0.05) is 36.4 Å². The highest BCUT2D eigenvalue weighted by Crippen LogP contribution is 2.36. The van der Waals surface area contributed by atoms with Crippen LogP contribution in [-0.4, -0.2) is 74.9 Å². The predicted molar refractivity (Wildman–Crippen MR) is 132 cm³/mol. The van der Waals surface area contributed by atoms with Crippen LogP contribution in [0.25, 0.3) is 10.2 Å². The summed E-state index contributed by atoms with van der Waals surface area (Å²) in [6.45, 7) is 3.85. The van der Waals surface area contributed by atoms with Crippen LogP contribution in [0.3, 0.4) is 0 Å². The fraction of sp³-hybridized carbons (Fsp3) is 0.565. The van der Waals surface area contributed by atoms with Crippen LogP contribution in [0.2, 0.25) is 0 Å². The van der Waals surface area contributed by atoms with Crippen LogP contribution in [0.5, 0.6) is 0 Å². The third-order valence-electron chi connectivity index (χ3n) is 7.06. The molecule has 3 unspecified atom stereocenters. The van der Waals surface area contributed by atoms with Gasteiger partial charge in [-0.2, -0.15) is 10.1 Å². The number of hydrogen-bond acceptors (Lipinski definition) is 9. The maximum absolute atomic E-state index is 13.3. The quantitative estimate of drug-likeness (QED) is 0.438. The molecule has 4 N–H and O–H groups in total. The average Bonchev–Trinajstić information content (AvgIpc) is 3.47. The molecule has 3 atom stereocenters. The van der Waals surface area contributed by atoms with E-state index < -0.39 is 0 Å². The zero-order chi connectivity index (χ0) is 23.1. The topological polar surface area (TPSA) is 120 Å². The van der Waals surface area contributed by atoms with E-state index in [9.17, 15) is 4.79 Å². The first-order valence-corrected chi connectivity index (χ1v) is 13.0. The second-order valence-electron chi connectivity index (χ2n) is 9.47. The lowest BCUT2D eigenvalue weighted by Gasteiger charge is -2.50. The first kappa shape index (κ1) is 21.8. The molecule has 3 aromatic rings. The Bertz CT molecular complexity index is 1160. The summed E-state index contributed by atoms with van der Waals surface area (Å²) in [5.74, 6) is 2.30. The molecule has 0 radical (unpaired) electrons. The first-order valence-electron chi connectivity index (χ1n) is 12.1. The van der Waals surface area contributed by atoms with E-state index in [1.807, 2.05) is 24.4 Å². The molecule has 2 bridgehead atoms. The second-order valence-corrected chi connectivity index (χ2v) is 10.4. The van der Waals surface area contributed by atoms with Gasteiger partial charge >= 0.3 is 0 Å². The van der Waals surface area contributed by atoms with Crippen LogP contribution in [0.4, 0.5) is 17.6 Å².